The summed E-state index contributed by atoms with van der Waals surface area (Å²) in [5.74, 6) is 3.20. The largest absolute Gasteiger partial charge is 0.385 e. The average molecular weight is 266 g/mol. The van der Waals surface area contributed by atoms with Gasteiger partial charge in [0.05, 0.1) is 4.92 Å². The molecule has 2 rings (SSSR count). The minimum atomic E-state index is -0.320. The summed E-state index contributed by atoms with van der Waals surface area (Å²) in [5.41, 5.74) is 2.89. The number of benzene rings is 1. The molecular weight excluding hydrogens is 248 g/mol. The van der Waals surface area contributed by atoms with E-state index in [-0.39, 0.29) is 10.6 Å². The number of nitro benzene ring substituents is 1. The second-order valence-electron chi connectivity index (χ2n) is 4.82. The second-order valence-corrected chi connectivity index (χ2v) is 5.97. The van der Waals surface area contributed by atoms with Gasteiger partial charge in [0.25, 0.3) is 5.69 Å². The molecule has 4 nitrogen and oxygen atoms in total. The molecule has 1 unspecified atom stereocenters. The Labute approximate surface area is 111 Å². The lowest BCUT2D eigenvalue weighted by molar-refractivity contribution is -0.385. The Kier molecular flexibility index (Phi) is 4.11. The molecule has 0 aliphatic carbocycles. The Hall–Kier alpha value is -1.23. The van der Waals surface area contributed by atoms with E-state index in [1.165, 1.54) is 17.9 Å². The highest BCUT2D eigenvalue weighted by Gasteiger charge is 2.17. The van der Waals surface area contributed by atoms with Gasteiger partial charge < -0.3 is 5.32 Å². The normalized spacial score (nSPS) is 18.9. The Bertz CT molecular complexity index is 457. The first kappa shape index (κ1) is 13.2. The molecular formula is C13H18N2O2S. The van der Waals surface area contributed by atoms with Crippen LogP contribution in [0.4, 0.5) is 11.4 Å². The molecule has 1 aliphatic rings. The standard InChI is InChI=1S/C13H18N2O2S/c1-9-6-13(15(16)17)10(2)5-12(9)14-7-11-3-4-18-8-11/h5-6,11,14H,3-4,7-8H2,1-2H3. The van der Waals surface area contributed by atoms with E-state index >= 15 is 0 Å². The van der Waals surface area contributed by atoms with Crippen molar-refractivity contribution in [2.45, 2.75) is 20.3 Å². The van der Waals surface area contributed by atoms with Gasteiger partial charge in [0, 0.05) is 23.9 Å². The molecule has 1 aromatic rings. The zero-order chi connectivity index (χ0) is 13.1. The Morgan fingerprint density at radius 1 is 1.44 bits per heavy atom. The maximum absolute atomic E-state index is 10.8. The van der Waals surface area contributed by atoms with E-state index in [0.717, 1.165) is 23.7 Å². The molecule has 1 N–H and O–H groups in total. The third-order valence-electron chi connectivity index (χ3n) is 3.34. The highest BCUT2D eigenvalue weighted by molar-refractivity contribution is 7.99. The molecule has 5 heteroatoms. The van der Waals surface area contributed by atoms with Crippen LogP contribution in [0.15, 0.2) is 12.1 Å². The van der Waals surface area contributed by atoms with E-state index in [1.54, 1.807) is 13.0 Å². The number of thioether (sulfide) groups is 1. The predicted molar refractivity (Wildman–Crippen MR) is 76.5 cm³/mol. The summed E-state index contributed by atoms with van der Waals surface area (Å²) in [6.07, 6.45) is 1.27. The minimum absolute atomic E-state index is 0.203. The maximum atomic E-state index is 10.8. The van der Waals surface area contributed by atoms with Gasteiger partial charge in [-0.05, 0) is 49.3 Å². The van der Waals surface area contributed by atoms with Gasteiger partial charge in [0.1, 0.15) is 0 Å². The van der Waals surface area contributed by atoms with Crippen LogP contribution in [-0.2, 0) is 0 Å². The molecule has 0 aromatic heterocycles. The molecule has 1 heterocycles. The Morgan fingerprint density at radius 3 is 2.83 bits per heavy atom. The first-order valence-corrected chi connectivity index (χ1v) is 7.30. The lowest BCUT2D eigenvalue weighted by Crippen LogP contribution is -2.14. The van der Waals surface area contributed by atoms with Crippen molar-refractivity contribution in [2.75, 3.05) is 23.4 Å². The lowest BCUT2D eigenvalue weighted by Gasteiger charge is -2.14. The number of anilines is 1. The molecule has 1 aromatic carbocycles. The van der Waals surface area contributed by atoms with E-state index in [2.05, 4.69) is 5.32 Å². The van der Waals surface area contributed by atoms with Crippen LogP contribution in [0.2, 0.25) is 0 Å². The van der Waals surface area contributed by atoms with Crippen LogP contribution in [0, 0.1) is 29.9 Å². The summed E-state index contributed by atoms with van der Waals surface area (Å²) in [6, 6.07) is 3.54. The fourth-order valence-electron chi connectivity index (χ4n) is 2.19. The van der Waals surface area contributed by atoms with E-state index in [9.17, 15) is 10.1 Å². The summed E-state index contributed by atoms with van der Waals surface area (Å²) < 4.78 is 0. The van der Waals surface area contributed by atoms with Gasteiger partial charge in [0.2, 0.25) is 0 Å². The van der Waals surface area contributed by atoms with Gasteiger partial charge in [-0.3, -0.25) is 10.1 Å². The van der Waals surface area contributed by atoms with Gasteiger partial charge in [-0.25, -0.2) is 0 Å². The van der Waals surface area contributed by atoms with Crippen LogP contribution in [0.3, 0.4) is 0 Å². The van der Waals surface area contributed by atoms with Crippen molar-refractivity contribution in [2.24, 2.45) is 5.92 Å². The first-order chi connectivity index (χ1) is 8.58. The van der Waals surface area contributed by atoms with Crippen molar-refractivity contribution in [3.8, 4) is 0 Å². The van der Waals surface area contributed by atoms with Crippen LogP contribution >= 0.6 is 11.8 Å². The molecule has 0 bridgehead atoms. The fraction of sp³-hybridized carbons (Fsp3) is 0.538. The summed E-state index contributed by atoms with van der Waals surface area (Å²) in [7, 11) is 0. The van der Waals surface area contributed by atoms with Crippen LogP contribution < -0.4 is 5.32 Å². The molecule has 18 heavy (non-hydrogen) atoms. The summed E-state index contributed by atoms with van der Waals surface area (Å²) in [5, 5.41) is 14.3. The molecule has 98 valence electrons. The van der Waals surface area contributed by atoms with Crippen LogP contribution in [0.1, 0.15) is 17.5 Å². The van der Waals surface area contributed by atoms with E-state index in [4.69, 9.17) is 0 Å². The zero-order valence-electron chi connectivity index (χ0n) is 10.7. The number of nitrogens with zero attached hydrogens (tertiary/aromatic N) is 1. The summed E-state index contributed by atoms with van der Waals surface area (Å²) >= 11 is 2.00. The topological polar surface area (TPSA) is 55.2 Å². The van der Waals surface area contributed by atoms with Crippen molar-refractivity contribution < 1.29 is 4.92 Å². The van der Waals surface area contributed by atoms with Gasteiger partial charge in [0.15, 0.2) is 0 Å². The van der Waals surface area contributed by atoms with Crippen LogP contribution in [0.25, 0.3) is 0 Å². The van der Waals surface area contributed by atoms with E-state index < -0.39 is 0 Å². The zero-order valence-corrected chi connectivity index (χ0v) is 11.5. The Morgan fingerprint density at radius 2 is 2.22 bits per heavy atom. The van der Waals surface area contributed by atoms with Gasteiger partial charge >= 0.3 is 0 Å². The van der Waals surface area contributed by atoms with Crippen molar-refractivity contribution in [3.05, 3.63) is 33.4 Å². The molecule has 0 radical (unpaired) electrons. The number of hydrogen-bond acceptors (Lipinski definition) is 4. The molecule has 0 saturated carbocycles. The fourth-order valence-corrected chi connectivity index (χ4v) is 3.47. The number of hydrogen-bond donors (Lipinski definition) is 1. The van der Waals surface area contributed by atoms with Crippen LogP contribution in [0.5, 0.6) is 0 Å². The minimum Gasteiger partial charge on any atom is -0.385 e. The number of aryl methyl sites for hydroxylation is 2. The number of nitro groups is 1. The highest BCUT2D eigenvalue weighted by Crippen LogP contribution is 2.28. The van der Waals surface area contributed by atoms with Crippen molar-refractivity contribution in [3.63, 3.8) is 0 Å². The molecule has 0 amide bonds. The van der Waals surface area contributed by atoms with Gasteiger partial charge in [-0.2, -0.15) is 11.8 Å². The monoisotopic (exact) mass is 266 g/mol. The Balaban J connectivity index is 2.08. The lowest BCUT2D eigenvalue weighted by atomic mass is 10.1. The van der Waals surface area contributed by atoms with Gasteiger partial charge in [-0.15, -0.1) is 0 Å². The third-order valence-corrected chi connectivity index (χ3v) is 4.58. The van der Waals surface area contributed by atoms with Crippen molar-refractivity contribution in [1.82, 2.24) is 0 Å². The predicted octanol–water partition coefficient (Wildman–Crippen LogP) is 3.38. The number of rotatable bonds is 4. The number of nitrogens with one attached hydrogen (secondary N) is 1. The summed E-state index contributed by atoms with van der Waals surface area (Å²) in [4.78, 5) is 10.5. The molecule has 1 aliphatic heterocycles. The highest BCUT2D eigenvalue weighted by atomic mass is 32.2. The molecule has 1 atom stereocenters. The molecule has 1 fully saturated rings. The average Bonchev–Trinajstić information content (AvgIpc) is 2.82. The maximum Gasteiger partial charge on any atom is 0.272 e. The van der Waals surface area contributed by atoms with Gasteiger partial charge in [-0.1, -0.05) is 0 Å². The van der Waals surface area contributed by atoms with Crippen LogP contribution in [-0.4, -0.2) is 23.0 Å². The van der Waals surface area contributed by atoms with Crippen molar-refractivity contribution in [1.29, 1.82) is 0 Å². The summed E-state index contributed by atoms with van der Waals surface area (Å²) in [6.45, 7) is 4.66. The SMILES string of the molecule is Cc1cc([N+](=O)[O-])c(C)cc1NCC1CCSC1. The quantitative estimate of drug-likeness (QED) is 0.670. The second kappa shape index (κ2) is 5.61. The first-order valence-electron chi connectivity index (χ1n) is 6.15. The molecule has 1 saturated heterocycles. The van der Waals surface area contributed by atoms with E-state index in [0.29, 0.717) is 5.56 Å². The smallest absolute Gasteiger partial charge is 0.272 e. The third kappa shape index (κ3) is 2.96. The molecule has 0 spiro atoms. The van der Waals surface area contributed by atoms with Crippen molar-refractivity contribution >= 4 is 23.1 Å². The van der Waals surface area contributed by atoms with E-state index in [1.807, 2.05) is 24.8 Å².